The first-order valence-corrected chi connectivity index (χ1v) is 7.20. The maximum atomic E-state index is 14.1. The van der Waals surface area contributed by atoms with Crippen molar-refractivity contribution in [3.8, 4) is 11.5 Å². The second kappa shape index (κ2) is 6.51. The van der Waals surface area contributed by atoms with E-state index in [0.29, 0.717) is 17.0 Å². The smallest absolute Gasteiger partial charge is 0.199 e. The Morgan fingerprint density at radius 3 is 2.80 bits per heavy atom. The molecule has 0 saturated carbocycles. The predicted molar refractivity (Wildman–Crippen MR) is 88.9 cm³/mol. The number of hydrogen-bond acceptors (Lipinski definition) is 8. The Bertz CT molecular complexity index is 974. The summed E-state index contributed by atoms with van der Waals surface area (Å²) in [7, 11) is 1.44. The molecule has 0 spiro atoms. The molecule has 0 saturated heterocycles. The second-order valence-electron chi connectivity index (χ2n) is 5.14. The molecule has 3 aromatic rings. The van der Waals surface area contributed by atoms with Crippen molar-refractivity contribution < 1.29 is 13.8 Å². The van der Waals surface area contributed by atoms with Gasteiger partial charge in [0.1, 0.15) is 5.52 Å². The van der Waals surface area contributed by atoms with E-state index >= 15 is 0 Å². The maximum absolute atomic E-state index is 14.1. The van der Waals surface area contributed by atoms with Crippen LogP contribution >= 0.6 is 0 Å². The molecule has 0 fully saturated rings. The highest BCUT2D eigenvalue weighted by molar-refractivity contribution is 5.82. The number of anilines is 1. The van der Waals surface area contributed by atoms with Gasteiger partial charge in [-0.15, -0.1) is 0 Å². The van der Waals surface area contributed by atoms with Gasteiger partial charge in [0.25, 0.3) is 0 Å². The van der Waals surface area contributed by atoms with E-state index in [1.54, 1.807) is 22.8 Å². The summed E-state index contributed by atoms with van der Waals surface area (Å²) in [5, 5.41) is 7.27. The van der Waals surface area contributed by atoms with E-state index < -0.39 is 5.82 Å². The number of imidazole rings is 1. The van der Waals surface area contributed by atoms with Crippen LogP contribution in [0.3, 0.4) is 0 Å². The molecular weight excluding hydrogens is 329 g/mol. The predicted octanol–water partition coefficient (Wildman–Crippen LogP) is 1.10. The van der Waals surface area contributed by atoms with E-state index in [2.05, 4.69) is 19.9 Å². The third-order valence-corrected chi connectivity index (χ3v) is 3.49. The Hall–Kier alpha value is -3.56. The molecule has 0 amide bonds. The monoisotopic (exact) mass is 345 g/mol. The SMILES string of the molecule is CO/C(N)=C/C=C(\N)Cn1c(-c2nonc2N)nc2c(F)cccc21. The number of nitrogen functional groups attached to an aromatic ring is 1. The van der Waals surface area contributed by atoms with Crippen LogP contribution in [0.25, 0.3) is 22.6 Å². The third-order valence-electron chi connectivity index (χ3n) is 3.49. The molecule has 0 aliphatic carbocycles. The minimum Gasteiger partial charge on any atom is -0.483 e. The average molecular weight is 345 g/mol. The molecule has 2 aromatic heterocycles. The number of allylic oxidation sites excluding steroid dienone is 3. The van der Waals surface area contributed by atoms with Gasteiger partial charge in [-0.3, -0.25) is 0 Å². The number of ether oxygens (including phenoxy) is 1. The number of para-hydroxylation sites is 1. The third kappa shape index (κ3) is 3.09. The highest BCUT2D eigenvalue weighted by Gasteiger charge is 2.20. The van der Waals surface area contributed by atoms with E-state index in [1.807, 2.05) is 0 Å². The van der Waals surface area contributed by atoms with Crippen molar-refractivity contribution in [2.24, 2.45) is 11.5 Å². The van der Waals surface area contributed by atoms with Gasteiger partial charge in [0.2, 0.25) is 0 Å². The number of benzene rings is 1. The van der Waals surface area contributed by atoms with Crippen LogP contribution in [0.2, 0.25) is 0 Å². The lowest BCUT2D eigenvalue weighted by Gasteiger charge is -2.08. The lowest BCUT2D eigenvalue weighted by atomic mass is 10.3. The van der Waals surface area contributed by atoms with Gasteiger partial charge in [0, 0.05) is 5.70 Å². The first-order valence-electron chi connectivity index (χ1n) is 7.20. The van der Waals surface area contributed by atoms with Gasteiger partial charge >= 0.3 is 0 Å². The fourth-order valence-corrected chi connectivity index (χ4v) is 2.30. The number of hydrogen-bond donors (Lipinski definition) is 3. The molecule has 130 valence electrons. The van der Waals surface area contributed by atoms with E-state index in [0.717, 1.165) is 0 Å². The summed E-state index contributed by atoms with van der Waals surface area (Å²) in [5.41, 5.74) is 18.7. The quantitative estimate of drug-likeness (QED) is 0.460. The molecule has 2 heterocycles. The number of fused-ring (bicyclic) bond motifs is 1. The molecular formula is C15H16FN7O2. The van der Waals surface area contributed by atoms with Crippen LogP contribution in [0, 0.1) is 5.82 Å². The summed E-state index contributed by atoms with van der Waals surface area (Å²) in [6.07, 6.45) is 3.10. The minimum atomic E-state index is -0.474. The number of nitrogens with zero attached hydrogens (tertiary/aromatic N) is 4. The molecule has 0 radical (unpaired) electrons. The van der Waals surface area contributed by atoms with Crippen molar-refractivity contribution in [3.63, 3.8) is 0 Å². The zero-order chi connectivity index (χ0) is 18.0. The lowest BCUT2D eigenvalue weighted by Crippen LogP contribution is -2.10. The van der Waals surface area contributed by atoms with Gasteiger partial charge in [-0.1, -0.05) is 6.07 Å². The maximum Gasteiger partial charge on any atom is 0.199 e. The van der Waals surface area contributed by atoms with E-state index in [4.69, 9.17) is 21.9 Å². The van der Waals surface area contributed by atoms with Crippen molar-refractivity contribution in [2.45, 2.75) is 6.54 Å². The van der Waals surface area contributed by atoms with Gasteiger partial charge < -0.3 is 26.5 Å². The number of rotatable bonds is 5. The van der Waals surface area contributed by atoms with Gasteiger partial charge in [0.15, 0.2) is 29.0 Å². The average Bonchev–Trinajstić information content (AvgIpc) is 3.17. The fraction of sp³-hybridized carbons (Fsp3) is 0.133. The van der Waals surface area contributed by atoms with Gasteiger partial charge in [0.05, 0.1) is 19.2 Å². The summed E-state index contributed by atoms with van der Waals surface area (Å²) >= 11 is 0. The molecule has 0 atom stereocenters. The van der Waals surface area contributed by atoms with Gasteiger partial charge in [-0.25, -0.2) is 14.0 Å². The highest BCUT2D eigenvalue weighted by Crippen LogP contribution is 2.28. The molecule has 25 heavy (non-hydrogen) atoms. The molecule has 0 aliphatic heterocycles. The second-order valence-corrected chi connectivity index (χ2v) is 5.14. The molecule has 10 heteroatoms. The Balaban J connectivity index is 2.12. The zero-order valence-corrected chi connectivity index (χ0v) is 13.3. The Labute approximate surface area is 141 Å². The van der Waals surface area contributed by atoms with Crippen molar-refractivity contribution >= 4 is 16.9 Å². The minimum absolute atomic E-state index is 0.0445. The Kier molecular flexibility index (Phi) is 4.25. The van der Waals surface area contributed by atoms with Crippen LogP contribution in [-0.2, 0) is 11.3 Å². The highest BCUT2D eigenvalue weighted by atomic mass is 19.1. The van der Waals surface area contributed by atoms with Crippen molar-refractivity contribution in [1.82, 2.24) is 19.9 Å². The molecule has 0 unspecified atom stereocenters. The summed E-state index contributed by atoms with van der Waals surface area (Å²) < 4.78 is 25.2. The molecule has 6 N–H and O–H groups in total. The normalized spacial score (nSPS) is 12.7. The van der Waals surface area contributed by atoms with Crippen LogP contribution in [0.1, 0.15) is 0 Å². The van der Waals surface area contributed by atoms with E-state index in [1.165, 1.54) is 19.3 Å². The van der Waals surface area contributed by atoms with Crippen LogP contribution in [0.15, 0.2) is 46.6 Å². The summed E-state index contributed by atoms with van der Waals surface area (Å²) in [5.74, 6) is 0.0650. The van der Waals surface area contributed by atoms with Crippen LogP contribution in [0.5, 0.6) is 0 Å². The number of nitrogens with two attached hydrogens (primary N) is 3. The van der Waals surface area contributed by atoms with E-state index in [9.17, 15) is 4.39 Å². The fourth-order valence-electron chi connectivity index (χ4n) is 2.30. The topological polar surface area (TPSA) is 144 Å². The first-order chi connectivity index (χ1) is 12.0. The summed E-state index contributed by atoms with van der Waals surface area (Å²) in [6.45, 7) is 0.190. The standard InChI is InChI=1S/C15H16FN7O2/c1-24-11(18)6-5-8(17)7-23-10-4-2-3-9(16)12(10)20-15(23)13-14(19)22-25-21-13/h2-6H,7,17-18H2,1H3,(H2,19,22)/b8-5-,11-6+. The summed E-state index contributed by atoms with van der Waals surface area (Å²) in [6, 6.07) is 4.60. The Morgan fingerprint density at radius 1 is 1.32 bits per heavy atom. The number of halogens is 1. The lowest BCUT2D eigenvalue weighted by molar-refractivity contribution is 0.287. The van der Waals surface area contributed by atoms with Crippen LogP contribution in [0.4, 0.5) is 10.2 Å². The van der Waals surface area contributed by atoms with Gasteiger partial charge in [-0.05, 0) is 34.6 Å². The van der Waals surface area contributed by atoms with E-state index in [-0.39, 0.29) is 29.5 Å². The van der Waals surface area contributed by atoms with Crippen molar-refractivity contribution in [3.05, 3.63) is 47.7 Å². The van der Waals surface area contributed by atoms with Crippen LogP contribution in [-0.4, -0.2) is 27.0 Å². The molecule has 3 rings (SSSR count). The molecule has 9 nitrogen and oxygen atoms in total. The summed E-state index contributed by atoms with van der Waals surface area (Å²) in [4.78, 5) is 4.28. The molecule has 1 aromatic carbocycles. The Morgan fingerprint density at radius 2 is 2.12 bits per heavy atom. The number of methoxy groups -OCH3 is 1. The first kappa shape index (κ1) is 16.3. The van der Waals surface area contributed by atoms with Crippen molar-refractivity contribution in [1.29, 1.82) is 0 Å². The van der Waals surface area contributed by atoms with Gasteiger partial charge in [-0.2, -0.15) is 0 Å². The number of aromatic nitrogens is 4. The zero-order valence-electron chi connectivity index (χ0n) is 13.3. The van der Waals surface area contributed by atoms with Crippen LogP contribution < -0.4 is 17.2 Å². The molecule has 0 bridgehead atoms. The van der Waals surface area contributed by atoms with Crippen molar-refractivity contribution in [2.75, 3.05) is 12.8 Å². The molecule has 0 aliphatic rings. The largest absolute Gasteiger partial charge is 0.483 e.